The van der Waals surface area contributed by atoms with Gasteiger partial charge in [-0.3, -0.25) is 4.79 Å². The molecule has 4 rings (SSSR count). The largest absolute Gasteiger partial charge is 0.495 e. The first-order valence-electron chi connectivity index (χ1n) is 10.3. The van der Waals surface area contributed by atoms with Crippen LogP contribution >= 0.6 is 15.9 Å². The minimum absolute atomic E-state index is 0.140. The minimum Gasteiger partial charge on any atom is -0.495 e. The number of benzene rings is 2. The lowest BCUT2D eigenvalue weighted by molar-refractivity contribution is -0.114. The lowest BCUT2D eigenvalue weighted by atomic mass is 10.1. The standard InChI is InChI=1S/C23H23BrFN5O3/c1-32-20-6-5-13(24)8-18(20)29-22-15-10-19(21(33-2)11-17(15)27-12-28-22)30-23(31)16(25)9-14-4-3-7-26-14/h5-6,8-12,14,26H,3-4,7H2,1-2H3,(H,30,31)(H,27,28,29)/b16-9+/t14-/m1/s1. The third kappa shape index (κ3) is 5.23. The molecule has 1 saturated heterocycles. The smallest absolute Gasteiger partial charge is 0.284 e. The van der Waals surface area contributed by atoms with Crippen molar-refractivity contribution in [1.29, 1.82) is 0 Å². The summed E-state index contributed by atoms with van der Waals surface area (Å²) < 4.78 is 26.2. The molecule has 10 heteroatoms. The fourth-order valence-corrected chi connectivity index (χ4v) is 4.00. The number of anilines is 3. The number of fused-ring (bicyclic) bond motifs is 1. The van der Waals surface area contributed by atoms with Crippen LogP contribution in [0.4, 0.5) is 21.6 Å². The molecule has 1 amide bonds. The first-order chi connectivity index (χ1) is 16.0. The van der Waals surface area contributed by atoms with Gasteiger partial charge in [0.05, 0.1) is 31.1 Å². The molecular weight excluding hydrogens is 493 g/mol. The summed E-state index contributed by atoms with van der Waals surface area (Å²) in [5.74, 6) is -0.229. The van der Waals surface area contributed by atoms with Crippen LogP contribution < -0.4 is 25.4 Å². The molecule has 33 heavy (non-hydrogen) atoms. The van der Waals surface area contributed by atoms with Crippen molar-refractivity contribution < 1.29 is 18.7 Å². The Morgan fingerprint density at radius 3 is 2.73 bits per heavy atom. The summed E-state index contributed by atoms with van der Waals surface area (Å²) in [5, 5.41) is 9.59. The second-order valence-electron chi connectivity index (χ2n) is 7.43. The van der Waals surface area contributed by atoms with Gasteiger partial charge >= 0.3 is 0 Å². The highest BCUT2D eigenvalue weighted by atomic mass is 79.9. The van der Waals surface area contributed by atoms with Crippen LogP contribution in [0.15, 0.2) is 53.0 Å². The Kier molecular flexibility index (Phi) is 7.05. The summed E-state index contributed by atoms with van der Waals surface area (Å²) >= 11 is 3.45. The van der Waals surface area contributed by atoms with Crippen LogP contribution in [0.3, 0.4) is 0 Å². The molecule has 1 aromatic heterocycles. The molecule has 3 N–H and O–H groups in total. The monoisotopic (exact) mass is 515 g/mol. The number of halogens is 2. The number of hydrogen-bond donors (Lipinski definition) is 3. The van der Waals surface area contributed by atoms with Gasteiger partial charge in [-0.1, -0.05) is 15.9 Å². The summed E-state index contributed by atoms with van der Waals surface area (Å²) in [6, 6.07) is 8.72. The van der Waals surface area contributed by atoms with Gasteiger partial charge in [-0.05, 0) is 49.7 Å². The zero-order valence-electron chi connectivity index (χ0n) is 18.1. The number of nitrogens with one attached hydrogen (secondary N) is 3. The van der Waals surface area contributed by atoms with E-state index in [9.17, 15) is 9.18 Å². The number of rotatable bonds is 7. The van der Waals surface area contributed by atoms with Gasteiger partial charge < -0.3 is 25.4 Å². The zero-order chi connectivity index (χ0) is 23.4. The van der Waals surface area contributed by atoms with Gasteiger partial charge in [-0.25, -0.2) is 14.4 Å². The molecule has 172 valence electrons. The topological polar surface area (TPSA) is 97.4 Å². The quantitative estimate of drug-likeness (QED) is 0.392. The Balaban J connectivity index is 1.68. The molecule has 2 heterocycles. The lowest BCUT2D eigenvalue weighted by Crippen LogP contribution is -2.21. The molecule has 1 aliphatic heterocycles. The highest BCUT2D eigenvalue weighted by Crippen LogP contribution is 2.36. The van der Waals surface area contributed by atoms with E-state index in [0.29, 0.717) is 39.6 Å². The summed E-state index contributed by atoms with van der Waals surface area (Å²) in [4.78, 5) is 21.1. The first kappa shape index (κ1) is 22.9. The van der Waals surface area contributed by atoms with Gasteiger partial charge in [-0.15, -0.1) is 0 Å². The van der Waals surface area contributed by atoms with Gasteiger partial charge in [0.25, 0.3) is 5.91 Å². The number of carbonyl (C=O) groups excluding carboxylic acids is 1. The summed E-state index contributed by atoms with van der Waals surface area (Å²) in [6.45, 7) is 0.813. The molecule has 0 bridgehead atoms. The van der Waals surface area contributed by atoms with Crippen molar-refractivity contribution in [3.63, 3.8) is 0 Å². The Bertz CT molecular complexity index is 1210. The van der Waals surface area contributed by atoms with E-state index in [1.54, 1.807) is 19.2 Å². The van der Waals surface area contributed by atoms with E-state index in [0.717, 1.165) is 23.9 Å². The lowest BCUT2D eigenvalue weighted by Gasteiger charge is -2.15. The first-order valence-corrected chi connectivity index (χ1v) is 11.1. The van der Waals surface area contributed by atoms with Gasteiger partial charge in [0.1, 0.15) is 23.6 Å². The molecular formula is C23H23BrFN5O3. The van der Waals surface area contributed by atoms with E-state index in [2.05, 4.69) is 41.8 Å². The van der Waals surface area contributed by atoms with Crippen LogP contribution in [-0.2, 0) is 4.79 Å². The zero-order valence-corrected chi connectivity index (χ0v) is 19.7. The van der Waals surface area contributed by atoms with Crippen molar-refractivity contribution in [1.82, 2.24) is 15.3 Å². The molecule has 1 aliphatic rings. The summed E-state index contributed by atoms with van der Waals surface area (Å²) in [5.41, 5.74) is 1.57. The number of ether oxygens (including phenoxy) is 2. The van der Waals surface area contributed by atoms with E-state index in [-0.39, 0.29) is 6.04 Å². The van der Waals surface area contributed by atoms with E-state index < -0.39 is 11.7 Å². The second kappa shape index (κ2) is 10.1. The van der Waals surface area contributed by atoms with E-state index >= 15 is 0 Å². The van der Waals surface area contributed by atoms with Crippen LogP contribution in [0.25, 0.3) is 10.9 Å². The van der Waals surface area contributed by atoms with Crippen LogP contribution in [0.2, 0.25) is 0 Å². The molecule has 0 radical (unpaired) electrons. The van der Waals surface area contributed by atoms with Crippen molar-refractivity contribution in [3.8, 4) is 11.5 Å². The molecule has 2 aromatic carbocycles. The number of aromatic nitrogens is 2. The molecule has 3 aromatic rings. The molecule has 8 nitrogen and oxygen atoms in total. The number of amides is 1. The number of methoxy groups -OCH3 is 2. The molecule has 0 saturated carbocycles. The van der Waals surface area contributed by atoms with Crippen LogP contribution in [0.1, 0.15) is 12.8 Å². The maximum Gasteiger partial charge on any atom is 0.284 e. The molecule has 1 atom stereocenters. The maximum atomic E-state index is 14.5. The average Bonchev–Trinajstić information content (AvgIpc) is 3.32. The number of hydrogen-bond acceptors (Lipinski definition) is 7. The van der Waals surface area contributed by atoms with Crippen molar-refractivity contribution in [3.05, 3.63) is 53.0 Å². The van der Waals surface area contributed by atoms with E-state index in [1.807, 2.05) is 18.2 Å². The third-order valence-electron chi connectivity index (χ3n) is 5.28. The van der Waals surface area contributed by atoms with Gasteiger partial charge in [0, 0.05) is 22.0 Å². The fraction of sp³-hybridized carbons (Fsp3) is 0.261. The van der Waals surface area contributed by atoms with E-state index in [4.69, 9.17) is 9.47 Å². The van der Waals surface area contributed by atoms with Gasteiger partial charge in [-0.2, -0.15) is 0 Å². The fourth-order valence-electron chi connectivity index (χ4n) is 3.64. The normalized spacial score (nSPS) is 16.0. The highest BCUT2D eigenvalue weighted by Gasteiger charge is 2.19. The van der Waals surface area contributed by atoms with Crippen molar-refractivity contribution in [2.24, 2.45) is 0 Å². The minimum atomic E-state index is -0.849. The van der Waals surface area contributed by atoms with Gasteiger partial charge in [0.15, 0.2) is 5.83 Å². The summed E-state index contributed by atoms with van der Waals surface area (Å²) in [6.07, 6.45) is 4.48. The van der Waals surface area contributed by atoms with E-state index in [1.165, 1.54) is 19.5 Å². The Morgan fingerprint density at radius 2 is 2.00 bits per heavy atom. The molecule has 1 fully saturated rings. The third-order valence-corrected chi connectivity index (χ3v) is 5.78. The predicted molar refractivity (Wildman–Crippen MR) is 129 cm³/mol. The number of carbonyl (C=O) groups is 1. The Labute approximate surface area is 198 Å². The van der Waals surface area contributed by atoms with Gasteiger partial charge in [0.2, 0.25) is 0 Å². The Morgan fingerprint density at radius 1 is 1.18 bits per heavy atom. The molecule has 0 unspecified atom stereocenters. The summed E-state index contributed by atoms with van der Waals surface area (Å²) in [7, 11) is 3.05. The van der Waals surface area contributed by atoms with Crippen LogP contribution in [-0.4, -0.2) is 42.7 Å². The SMILES string of the molecule is COc1cc2ncnc(Nc3cc(Br)ccc3OC)c2cc1NC(=O)/C(F)=C\[C@H]1CCCN1. The van der Waals surface area contributed by atoms with Crippen LogP contribution in [0.5, 0.6) is 11.5 Å². The molecule has 0 spiro atoms. The second-order valence-corrected chi connectivity index (χ2v) is 8.35. The molecule has 0 aliphatic carbocycles. The average molecular weight is 516 g/mol. The predicted octanol–water partition coefficient (Wildman–Crippen LogP) is 4.70. The van der Waals surface area contributed by atoms with Crippen molar-refractivity contribution in [2.45, 2.75) is 18.9 Å². The van der Waals surface area contributed by atoms with Crippen LogP contribution in [0, 0.1) is 0 Å². The maximum absolute atomic E-state index is 14.5. The Hall–Kier alpha value is -3.24. The van der Waals surface area contributed by atoms with Crippen molar-refractivity contribution >= 4 is 49.9 Å². The number of nitrogens with zero attached hydrogens (tertiary/aromatic N) is 2. The van der Waals surface area contributed by atoms with Crippen molar-refractivity contribution in [2.75, 3.05) is 31.4 Å². The highest BCUT2D eigenvalue weighted by molar-refractivity contribution is 9.10.